The molecule has 1 aromatic rings. The fraction of sp³-hybridized carbons (Fsp3) is 0.500. The molecule has 2 aliphatic rings. The third-order valence-corrected chi connectivity index (χ3v) is 3.49. The van der Waals surface area contributed by atoms with Crippen molar-refractivity contribution in [3.63, 3.8) is 0 Å². The molecule has 0 N–H and O–H groups in total. The molecule has 0 saturated carbocycles. The van der Waals surface area contributed by atoms with E-state index in [9.17, 15) is 9.18 Å². The second kappa shape index (κ2) is 5.19. The Hall–Kier alpha value is -1.98. The molecule has 1 unspecified atom stereocenters. The first-order chi connectivity index (χ1) is 9.67. The normalized spacial score (nSPS) is 18.6. The third kappa shape index (κ3) is 2.37. The Labute approximate surface area is 116 Å². The van der Waals surface area contributed by atoms with Gasteiger partial charge in [0.25, 0.3) is 5.91 Å². The van der Waals surface area contributed by atoms with Crippen molar-refractivity contribution in [3.05, 3.63) is 18.2 Å². The third-order valence-electron chi connectivity index (χ3n) is 3.49. The fourth-order valence-corrected chi connectivity index (χ4v) is 2.31. The Balaban J connectivity index is 1.58. The quantitative estimate of drug-likeness (QED) is 0.841. The van der Waals surface area contributed by atoms with Crippen LogP contribution in [0, 0.1) is 5.92 Å². The zero-order valence-corrected chi connectivity index (χ0v) is 11.2. The molecule has 0 aromatic heterocycles. The van der Waals surface area contributed by atoms with Gasteiger partial charge in [0, 0.05) is 25.1 Å². The molecule has 2 heterocycles. The van der Waals surface area contributed by atoms with Gasteiger partial charge in [-0.05, 0) is 19.1 Å². The zero-order valence-electron chi connectivity index (χ0n) is 11.2. The number of likely N-dealkylation sites (tertiary alicyclic amines) is 1. The lowest BCUT2D eigenvalue weighted by molar-refractivity contribution is -0.144. The Kier molecular flexibility index (Phi) is 3.38. The Morgan fingerprint density at radius 3 is 2.95 bits per heavy atom. The maximum Gasteiger partial charge on any atom is 0.263 e. The molecule has 1 amide bonds. The van der Waals surface area contributed by atoms with Crippen LogP contribution in [0.4, 0.5) is 4.39 Å². The Bertz CT molecular complexity index is 516. The van der Waals surface area contributed by atoms with Crippen molar-refractivity contribution in [1.82, 2.24) is 4.90 Å². The monoisotopic (exact) mass is 281 g/mol. The lowest BCUT2D eigenvalue weighted by atomic mass is 10.0. The molecule has 1 aromatic carbocycles. The predicted molar refractivity (Wildman–Crippen MR) is 68.7 cm³/mol. The molecule has 0 spiro atoms. The second-order valence-corrected chi connectivity index (χ2v) is 5.04. The first kappa shape index (κ1) is 13.0. The number of carbonyl (C=O) groups is 1. The van der Waals surface area contributed by atoms with E-state index in [1.807, 2.05) is 0 Å². The number of alkyl halides is 1. The van der Waals surface area contributed by atoms with Gasteiger partial charge < -0.3 is 19.1 Å². The van der Waals surface area contributed by atoms with Crippen molar-refractivity contribution < 1.29 is 23.4 Å². The van der Waals surface area contributed by atoms with Gasteiger partial charge in [-0.15, -0.1) is 0 Å². The van der Waals surface area contributed by atoms with Crippen LogP contribution in [0.1, 0.15) is 6.92 Å². The van der Waals surface area contributed by atoms with Crippen LogP contribution in [0.2, 0.25) is 0 Å². The van der Waals surface area contributed by atoms with Gasteiger partial charge in [0.2, 0.25) is 6.79 Å². The zero-order chi connectivity index (χ0) is 14.1. The number of hydrogen-bond donors (Lipinski definition) is 0. The number of halogens is 1. The van der Waals surface area contributed by atoms with E-state index in [1.54, 1.807) is 30.0 Å². The van der Waals surface area contributed by atoms with Crippen molar-refractivity contribution in [1.29, 1.82) is 0 Å². The van der Waals surface area contributed by atoms with Crippen LogP contribution < -0.4 is 14.2 Å². The van der Waals surface area contributed by atoms with Crippen molar-refractivity contribution in [2.75, 3.05) is 26.6 Å². The molecule has 3 rings (SSSR count). The molecule has 2 aliphatic heterocycles. The summed E-state index contributed by atoms with van der Waals surface area (Å²) in [7, 11) is 0. The van der Waals surface area contributed by atoms with E-state index < -0.39 is 6.10 Å². The van der Waals surface area contributed by atoms with Crippen LogP contribution in [0.25, 0.3) is 0 Å². The molecule has 20 heavy (non-hydrogen) atoms. The number of fused-ring (bicyclic) bond motifs is 1. The highest BCUT2D eigenvalue weighted by Gasteiger charge is 2.33. The van der Waals surface area contributed by atoms with Gasteiger partial charge in [0.05, 0.1) is 6.67 Å². The molecule has 0 aliphatic carbocycles. The van der Waals surface area contributed by atoms with Gasteiger partial charge in [0.1, 0.15) is 5.75 Å². The predicted octanol–water partition coefficient (Wildman–Crippen LogP) is 1.61. The van der Waals surface area contributed by atoms with Crippen molar-refractivity contribution in [3.8, 4) is 17.2 Å². The Morgan fingerprint density at radius 2 is 2.20 bits per heavy atom. The van der Waals surface area contributed by atoms with Gasteiger partial charge >= 0.3 is 0 Å². The van der Waals surface area contributed by atoms with E-state index >= 15 is 0 Å². The molecular formula is C14H16FNO4. The first-order valence-electron chi connectivity index (χ1n) is 6.58. The highest BCUT2D eigenvalue weighted by molar-refractivity contribution is 5.81. The van der Waals surface area contributed by atoms with Crippen LogP contribution in [0.5, 0.6) is 17.2 Å². The molecule has 1 atom stereocenters. The van der Waals surface area contributed by atoms with Crippen LogP contribution in [0.3, 0.4) is 0 Å². The lowest BCUT2D eigenvalue weighted by Crippen LogP contribution is -2.54. The number of hydrogen-bond acceptors (Lipinski definition) is 4. The van der Waals surface area contributed by atoms with Crippen LogP contribution in [0.15, 0.2) is 18.2 Å². The highest BCUT2D eigenvalue weighted by Crippen LogP contribution is 2.35. The van der Waals surface area contributed by atoms with Gasteiger partial charge in [-0.2, -0.15) is 0 Å². The smallest absolute Gasteiger partial charge is 0.263 e. The summed E-state index contributed by atoms with van der Waals surface area (Å²) in [5.74, 6) is 1.70. The molecule has 6 heteroatoms. The van der Waals surface area contributed by atoms with Gasteiger partial charge in [-0.25, -0.2) is 0 Å². The lowest BCUT2D eigenvalue weighted by Gasteiger charge is -2.39. The summed E-state index contributed by atoms with van der Waals surface area (Å²) in [5, 5.41) is 0. The largest absolute Gasteiger partial charge is 0.481 e. The van der Waals surface area contributed by atoms with Crippen LogP contribution >= 0.6 is 0 Å². The minimum absolute atomic E-state index is 0.0170. The van der Waals surface area contributed by atoms with Gasteiger partial charge in [-0.1, -0.05) is 0 Å². The molecule has 0 radical (unpaired) electrons. The molecule has 5 nitrogen and oxygen atoms in total. The SMILES string of the molecule is CC(Oc1ccc2c(c1)OCO2)C(=O)N1CC(CF)C1. The van der Waals surface area contributed by atoms with Gasteiger partial charge in [0.15, 0.2) is 17.6 Å². The summed E-state index contributed by atoms with van der Waals surface area (Å²) in [6.45, 7) is 2.47. The topological polar surface area (TPSA) is 48.0 Å². The number of benzene rings is 1. The molecule has 1 fully saturated rings. The Morgan fingerprint density at radius 1 is 1.45 bits per heavy atom. The number of ether oxygens (including phenoxy) is 3. The van der Waals surface area contributed by atoms with Gasteiger partial charge in [-0.3, -0.25) is 9.18 Å². The second-order valence-electron chi connectivity index (χ2n) is 5.04. The van der Waals surface area contributed by atoms with Crippen molar-refractivity contribution >= 4 is 5.91 Å². The van der Waals surface area contributed by atoms with E-state index in [1.165, 1.54) is 0 Å². The standard InChI is InChI=1S/C14H16FNO4/c1-9(14(17)16-6-10(5-15)7-16)20-11-2-3-12-13(4-11)19-8-18-12/h2-4,9-10H,5-8H2,1H3. The summed E-state index contributed by atoms with van der Waals surface area (Å²) in [4.78, 5) is 13.7. The summed E-state index contributed by atoms with van der Waals surface area (Å²) >= 11 is 0. The summed E-state index contributed by atoms with van der Waals surface area (Å²) < 4.78 is 28.4. The minimum Gasteiger partial charge on any atom is -0.481 e. The summed E-state index contributed by atoms with van der Waals surface area (Å²) in [5.41, 5.74) is 0. The molecule has 0 bridgehead atoms. The minimum atomic E-state index is -0.601. The fourth-order valence-electron chi connectivity index (χ4n) is 2.31. The van der Waals surface area contributed by atoms with Crippen molar-refractivity contribution in [2.24, 2.45) is 5.92 Å². The number of carbonyl (C=O) groups excluding carboxylic acids is 1. The average molecular weight is 281 g/mol. The first-order valence-corrected chi connectivity index (χ1v) is 6.58. The number of nitrogens with zero attached hydrogens (tertiary/aromatic N) is 1. The maximum absolute atomic E-state index is 12.4. The maximum atomic E-state index is 12.4. The van der Waals surface area contributed by atoms with E-state index in [0.29, 0.717) is 30.3 Å². The average Bonchev–Trinajstić information content (AvgIpc) is 2.84. The van der Waals surface area contributed by atoms with Crippen LogP contribution in [-0.4, -0.2) is 43.5 Å². The molecular weight excluding hydrogens is 265 g/mol. The highest BCUT2D eigenvalue weighted by atomic mass is 19.1. The number of rotatable bonds is 4. The van der Waals surface area contributed by atoms with E-state index in [4.69, 9.17) is 14.2 Å². The summed E-state index contributed by atoms with van der Waals surface area (Å²) in [6.07, 6.45) is -0.601. The van der Waals surface area contributed by atoms with Crippen molar-refractivity contribution in [2.45, 2.75) is 13.0 Å². The van der Waals surface area contributed by atoms with Crippen LogP contribution in [-0.2, 0) is 4.79 Å². The van der Waals surface area contributed by atoms with E-state index in [-0.39, 0.29) is 25.3 Å². The number of amides is 1. The summed E-state index contributed by atoms with van der Waals surface area (Å²) in [6, 6.07) is 5.18. The molecule has 108 valence electrons. The van der Waals surface area contributed by atoms with E-state index in [0.717, 1.165) is 0 Å². The molecule has 1 saturated heterocycles. The van der Waals surface area contributed by atoms with E-state index in [2.05, 4.69) is 0 Å².